The highest BCUT2D eigenvalue weighted by Crippen LogP contribution is 2.29. The SMILES string of the molecule is CCNC(=NCc1ccccn1)NCCOc1ccccc1-c1ccccc1.I. The Bertz CT molecular complexity index is 872. The fraction of sp³-hybridized carbons (Fsp3) is 0.217. The third kappa shape index (κ3) is 7.38. The lowest BCUT2D eigenvalue weighted by Gasteiger charge is -2.14. The Morgan fingerprint density at radius 3 is 2.45 bits per heavy atom. The molecule has 0 fully saturated rings. The topological polar surface area (TPSA) is 58.5 Å². The van der Waals surface area contributed by atoms with Crippen LogP contribution in [0.5, 0.6) is 5.75 Å². The van der Waals surface area contributed by atoms with Gasteiger partial charge in [0.1, 0.15) is 12.4 Å². The first kappa shape index (κ1) is 22.7. The minimum Gasteiger partial charge on any atom is -0.491 e. The van der Waals surface area contributed by atoms with E-state index in [-0.39, 0.29) is 24.0 Å². The number of rotatable bonds is 8. The summed E-state index contributed by atoms with van der Waals surface area (Å²) >= 11 is 0. The quantitative estimate of drug-likeness (QED) is 0.206. The lowest BCUT2D eigenvalue weighted by molar-refractivity contribution is 0.323. The summed E-state index contributed by atoms with van der Waals surface area (Å²) in [6.45, 7) is 4.57. The number of halogens is 1. The van der Waals surface area contributed by atoms with E-state index in [9.17, 15) is 0 Å². The maximum absolute atomic E-state index is 6.03. The molecule has 0 aliphatic carbocycles. The van der Waals surface area contributed by atoms with Crippen LogP contribution >= 0.6 is 24.0 Å². The summed E-state index contributed by atoms with van der Waals surface area (Å²) in [5.74, 6) is 1.64. The monoisotopic (exact) mass is 502 g/mol. The molecule has 2 N–H and O–H groups in total. The van der Waals surface area contributed by atoms with Crippen molar-refractivity contribution in [3.05, 3.63) is 84.7 Å². The molecule has 0 aliphatic heterocycles. The smallest absolute Gasteiger partial charge is 0.191 e. The van der Waals surface area contributed by atoms with Gasteiger partial charge < -0.3 is 15.4 Å². The molecule has 0 unspecified atom stereocenters. The van der Waals surface area contributed by atoms with Crippen LogP contribution in [0.1, 0.15) is 12.6 Å². The molecular weight excluding hydrogens is 475 g/mol. The molecule has 152 valence electrons. The lowest BCUT2D eigenvalue weighted by Crippen LogP contribution is -2.39. The molecule has 0 amide bonds. The molecule has 2 aromatic carbocycles. The van der Waals surface area contributed by atoms with Gasteiger partial charge in [0.15, 0.2) is 5.96 Å². The van der Waals surface area contributed by atoms with Crippen molar-refractivity contribution in [1.29, 1.82) is 0 Å². The second kappa shape index (κ2) is 12.8. The number of guanidine groups is 1. The number of benzene rings is 2. The number of aliphatic imine (C=N–C) groups is 1. The summed E-state index contributed by atoms with van der Waals surface area (Å²) in [5.41, 5.74) is 3.18. The zero-order valence-electron chi connectivity index (χ0n) is 16.5. The molecule has 0 radical (unpaired) electrons. The maximum Gasteiger partial charge on any atom is 0.191 e. The number of hydrogen-bond donors (Lipinski definition) is 2. The van der Waals surface area contributed by atoms with Gasteiger partial charge in [-0.3, -0.25) is 4.98 Å². The summed E-state index contributed by atoms with van der Waals surface area (Å²) in [5, 5.41) is 6.55. The Balaban J connectivity index is 0.00000300. The molecule has 29 heavy (non-hydrogen) atoms. The molecule has 0 saturated heterocycles. The van der Waals surface area contributed by atoms with Crippen LogP contribution in [0.15, 0.2) is 84.0 Å². The van der Waals surface area contributed by atoms with Crippen LogP contribution in [-0.2, 0) is 6.54 Å². The first-order valence-corrected chi connectivity index (χ1v) is 9.56. The Kier molecular flexibility index (Phi) is 9.99. The largest absolute Gasteiger partial charge is 0.491 e. The fourth-order valence-corrected chi connectivity index (χ4v) is 2.77. The third-order valence-electron chi connectivity index (χ3n) is 4.09. The predicted octanol–water partition coefficient (Wildman–Crippen LogP) is 4.50. The maximum atomic E-state index is 6.03. The van der Waals surface area contributed by atoms with Gasteiger partial charge in [-0.05, 0) is 30.7 Å². The summed E-state index contributed by atoms with van der Waals surface area (Å²) in [6.07, 6.45) is 1.78. The number of ether oxygens (including phenoxy) is 1. The highest BCUT2D eigenvalue weighted by atomic mass is 127. The van der Waals surface area contributed by atoms with E-state index in [4.69, 9.17) is 4.74 Å². The van der Waals surface area contributed by atoms with Crippen molar-refractivity contribution in [2.75, 3.05) is 19.7 Å². The first-order chi connectivity index (χ1) is 13.9. The van der Waals surface area contributed by atoms with Crippen LogP contribution in [0, 0.1) is 0 Å². The zero-order valence-corrected chi connectivity index (χ0v) is 18.9. The van der Waals surface area contributed by atoms with Crippen molar-refractivity contribution in [3.63, 3.8) is 0 Å². The highest BCUT2D eigenvalue weighted by Gasteiger charge is 2.05. The van der Waals surface area contributed by atoms with Gasteiger partial charge in [0.05, 0.1) is 18.8 Å². The van der Waals surface area contributed by atoms with Gasteiger partial charge in [-0.1, -0.05) is 54.6 Å². The molecule has 1 heterocycles. The summed E-state index contributed by atoms with van der Waals surface area (Å²) in [6, 6.07) is 24.2. The Labute approximate surface area is 189 Å². The van der Waals surface area contributed by atoms with Crippen LogP contribution < -0.4 is 15.4 Å². The molecule has 3 rings (SSSR count). The summed E-state index contributed by atoms with van der Waals surface area (Å²) in [7, 11) is 0. The average Bonchev–Trinajstić information content (AvgIpc) is 2.76. The summed E-state index contributed by atoms with van der Waals surface area (Å²) in [4.78, 5) is 8.87. The molecule has 0 atom stereocenters. The van der Waals surface area contributed by atoms with Gasteiger partial charge in [0, 0.05) is 18.3 Å². The van der Waals surface area contributed by atoms with E-state index < -0.39 is 0 Å². The average molecular weight is 502 g/mol. The highest BCUT2D eigenvalue weighted by molar-refractivity contribution is 14.0. The molecule has 5 nitrogen and oxygen atoms in total. The number of pyridine rings is 1. The van der Waals surface area contributed by atoms with Crippen molar-refractivity contribution in [2.45, 2.75) is 13.5 Å². The minimum atomic E-state index is 0. The van der Waals surface area contributed by atoms with Crippen molar-refractivity contribution in [3.8, 4) is 16.9 Å². The molecular formula is C23H27IN4O. The van der Waals surface area contributed by atoms with Gasteiger partial charge in [-0.15, -0.1) is 24.0 Å². The number of nitrogens with one attached hydrogen (secondary N) is 2. The Hall–Kier alpha value is -2.61. The molecule has 6 heteroatoms. The predicted molar refractivity (Wildman–Crippen MR) is 130 cm³/mol. The number of nitrogens with zero attached hydrogens (tertiary/aromatic N) is 2. The van der Waals surface area contributed by atoms with Crippen LogP contribution in [0.2, 0.25) is 0 Å². The number of hydrogen-bond acceptors (Lipinski definition) is 3. The van der Waals surface area contributed by atoms with E-state index in [2.05, 4.69) is 38.8 Å². The van der Waals surface area contributed by atoms with Crippen LogP contribution in [0.25, 0.3) is 11.1 Å². The molecule has 0 spiro atoms. The van der Waals surface area contributed by atoms with Gasteiger partial charge in [0.2, 0.25) is 0 Å². The van der Waals surface area contributed by atoms with Gasteiger partial charge in [-0.25, -0.2) is 4.99 Å². The van der Waals surface area contributed by atoms with Crippen molar-refractivity contribution in [2.24, 2.45) is 4.99 Å². The summed E-state index contributed by atoms with van der Waals surface area (Å²) < 4.78 is 6.03. The molecule has 1 aromatic heterocycles. The number of para-hydroxylation sites is 1. The fourth-order valence-electron chi connectivity index (χ4n) is 2.77. The minimum absolute atomic E-state index is 0. The van der Waals surface area contributed by atoms with E-state index in [0.717, 1.165) is 35.1 Å². The van der Waals surface area contributed by atoms with E-state index in [1.54, 1.807) is 6.20 Å². The normalized spacial score (nSPS) is 10.7. The third-order valence-corrected chi connectivity index (χ3v) is 4.09. The van der Waals surface area contributed by atoms with Crippen LogP contribution in [0.3, 0.4) is 0 Å². The zero-order chi connectivity index (χ0) is 19.4. The molecule has 0 saturated carbocycles. The van der Waals surface area contributed by atoms with Crippen LogP contribution in [0.4, 0.5) is 0 Å². The van der Waals surface area contributed by atoms with E-state index in [1.807, 2.05) is 61.5 Å². The lowest BCUT2D eigenvalue weighted by atomic mass is 10.1. The first-order valence-electron chi connectivity index (χ1n) is 9.56. The van der Waals surface area contributed by atoms with Crippen molar-refractivity contribution in [1.82, 2.24) is 15.6 Å². The van der Waals surface area contributed by atoms with E-state index >= 15 is 0 Å². The van der Waals surface area contributed by atoms with Gasteiger partial charge in [-0.2, -0.15) is 0 Å². The second-order valence-electron chi connectivity index (χ2n) is 6.15. The van der Waals surface area contributed by atoms with Gasteiger partial charge >= 0.3 is 0 Å². The van der Waals surface area contributed by atoms with E-state index in [0.29, 0.717) is 19.7 Å². The molecule has 0 aliphatic rings. The van der Waals surface area contributed by atoms with Crippen LogP contribution in [-0.4, -0.2) is 30.6 Å². The van der Waals surface area contributed by atoms with Gasteiger partial charge in [0.25, 0.3) is 0 Å². The standard InChI is InChI=1S/C23H26N4O.HI/c1-2-24-23(27-18-20-12-8-9-15-25-20)26-16-17-28-22-14-7-6-13-21(22)19-10-4-3-5-11-19;/h3-15H,2,16-18H2,1H3,(H2,24,26,27);1H. The van der Waals surface area contributed by atoms with Crippen molar-refractivity contribution < 1.29 is 4.74 Å². The Morgan fingerprint density at radius 1 is 0.931 bits per heavy atom. The second-order valence-corrected chi connectivity index (χ2v) is 6.15. The van der Waals surface area contributed by atoms with E-state index in [1.165, 1.54) is 0 Å². The molecule has 3 aromatic rings. The molecule has 0 bridgehead atoms. The Morgan fingerprint density at radius 2 is 1.69 bits per heavy atom. The van der Waals surface area contributed by atoms with Crippen molar-refractivity contribution >= 4 is 29.9 Å². The number of aromatic nitrogens is 1.